The fourth-order valence-corrected chi connectivity index (χ4v) is 1.54. The molecule has 0 aromatic carbocycles. The molecule has 0 spiro atoms. The molecule has 0 aliphatic heterocycles. The summed E-state index contributed by atoms with van der Waals surface area (Å²) >= 11 is 0. The van der Waals surface area contributed by atoms with E-state index in [1.54, 1.807) is 17.0 Å². The van der Waals surface area contributed by atoms with Crippen LogP contribution in [0.5, 0.6) is 0 Å². The molecule has 1 rings (SSSR count). The van der Waals surface area contributed by atoms with Crippen molar-refractivity contribution < 1.29 is 4.79 Å². The molecule has 0 aliphatic rings. The fraction of sp³-hybridized carbons (Fsp3) is 0.545. The number of aryl methyl sites for hydroxylation is 2. The molecule has 17 heavy (non-hydrogen) atoms. The van der Waals surface area contributed by atoms with Crippen LogP contribution in [0.15, 0.2) is 17.2 Å². The zero-order valence-corrected chi connectivity index (χ0v) is 9.98. The minimum absolute atomic E-state index is 0.153. The first kappa shape index (κ1) is 13.4. The second kappa shape index (κ2) is 6.80. The Hall–Kier alpha value is -1.69. The zero-order chi connectivity index (χ0) is 12.7. The first-order chi connectivity index (χ1) is 8.13. The van der Waals surface area contributed by atoms with Crippen LogP contribution in [0.3, 0.4) is 0 Å². The molecule has 1 heterocycles. The van der Waals surface area contributed by atoms with Crippen LogP contribution in [0.1, 0.15) is 31.2 Å². The van der Waals surface area contributed by atoms with Gasteiger partial charge in [0.15, 0.2) is 0 Å². The van der Waals surface area contributed by atoms with E-state index in [1.165, 1.54) is 0 Å². The van der Waals surface area contributed by atoms with Gasteiger partial charge in [0.05, 0.1) is 0 Å². The Morgan fingerprint density at radius 3 is 2.94 bits per heavy atom. The van der Waals surface area contributed by atoms with Crippen LogP contribution in [-0.4, -0.2) is 15.5 Å². The predicted molar refractivity (Wildman–Crippen MR) is 64.0 cm³/mol. The fourth-order valence-electron chi connectivity index (χ4n) is 1.54. The summed E-state index contributed by atoms with van der Waals surface area (Å²) in [4.78, 5) is 25.9. The lowest BCUT2D eigenvalue weighted by atomic mass is 10.2. The van der Waals surface area contributed by atoms with E-state index in [4.69, 9.17) is 5.84 Å². The summed E-state index contributed by atoms with van der Waals surface area (Å²) in [5.41, 5.74) is 2.82. The van der Waals surface area contributed by atoms with E-state index in [0.29, 0.717) is 13.0 Å². The number of carbonyl (C=O) groups is 1. The lowest BCUT2D eigenvalue weighted by molar-refractivity contribution is -0.121. The van der Waals surface area contributed by atoms with Gasteiger partial charge < -0.3 is 0 Å². The van der Waals surface area contributed by atoms with Crippen LogP contribution < -0.4 is 17.0 Å². The number of amides is 1. The van der Waals surface area contributed by atoms with E-state index in [2.05, 4.69) is 10.4 Å². The van der Waals surface area contributed by atoms with Gasteiger partial charge in [-0.2, -0.15) is 0 Å². The SMILES string of the molecule is Cc1cnc(=O)n(CCCCCC(=O)NN)c1. The molecule has 0 aliphatic carbocycles. The van der Waals surface area contributed by atoms with Crippen LogP contribution in [0.25, 0.3) is 0 Å². The Morgan fingerprint density at radius 1 is 1.47 bits per heavy atom. The highest BCUT2D eigenvalue weighted by atomic mass is 16.2. The van der Waals surface area contributed by atoms with Gasteiger partial charge in [-0.15, -0.1) is 0 Å². The second-order valence-electron chi connectivity index (χ2n) is 3.99. The van der Waals surface area contributed by atoms with Gasteiger partial charge in [-0.05, 0) is 25.3 Å². The maximum absolute atomic E-state index is 11.4. The van der Waals surface area contributed by atoms with Gasteiger partial charge >= 0.3 is 5.69 Å². The molecule has 6 nitrogen and oxygen atoms in total. The molecular formula is C11H18N4O2. The van der Waals surface area contributed by atoms with Crippen molar-refractivity contribution in [2.45, 2.75) is 39.2 Å². The number of aromatic nitrogens is 2. The standard InChI is InChI=1S/C11H18N4O2/c1-9-7-13-11(17)15(8-9)6-4-2-3-5-10(16)14-12/h7-8H,2-6,12H2,1H3,(H,14,16). The Morgan fingerprint density at radius 2 is 2.24 bits per heavy atom. The summed E-state index contributed by atoms with van der Waals surface area (Å²) in [5.74, 6) is 4.81. The van der Waals surface area contributed by atoms with Crippen LogP contribution in [0.2, 0.25) is 0 Å². The quantitative estimate of drug-likeness (QED) is 0.318. The van der Waals surface area contributed by atoms with Gasteiger partial charge in [0, 0.05) is 25.4 Å². The highest BCUT2D eigenvalue weighted by Gasteiger charge is 2.00. The zero-order valence-electron chi connectivity index (χ0n) is 9.98. The Bertz CT molecular complexity index is 428. The van der Waals surface area contributed by atoms with Gasteiger partial charge in [0.1, 0.15) is 0 Å². The van der Waals surface area contributed by atoms with Gasteiger partial charge in [0.25, 0.3) is 0 Å². The summed E-state index contributed by atoms with van der Waals surface area (Å²) in [6.45, 7) is 2.53. The largest absolute Gasteiger partial charge is 0.347 e. The average molecular weight is 238 g/mol. The van der Waals surface area contributed by atoms with Crippen molar-refractivity contribution >= 4 is 5.91 Å². The van der Waals surface area contributed by atoms with Crippen LogP contribution >= 0.6 is 0 Å². The molecule has 0 saturated carbocycles. The van der Waals surface area contributed by atoms with E-state index in [9.17, 15) is 9.59 Å². The van der Waals surface area contributed by atoms with Crippen LogP contribution in [0.4, 0.5) is 0 Å². The number of hydrogen-bond donors (Lipinski definition) is 2. The van der Waals surface area contributed by atoms with E-state index in [-0.39, 0.29) is 11.6 Å². The van der Waals surface area contributed by atoms with Crippen molar-refractivity contribution in [3.8, 4) is 0 Å². The number of nitrogens with two attached hydrogens (primary N) is 1. The van der Waals surface area contributed by atoms with E-state index in [1.807, 2.05) is 6.92 Å². The lowest BCUT2D eigenvalue weighted by Gasteiger charge is -2.05. The molecule has 0 bridgehead atoms. The molecule has 1 aromatic heterocycles. The van der Waals surface area contributed by atoms with Crippen molar-refractivity contribution in [3.05, 3.63) is 28.4 Å². The Labute approximate surface area is 99.8 Å². The van der Waals surface area contributed by atoms with Crippen molar-refractivity contribution in [2.75, 3.05) is 0 Å². The van der Waals surface area contributed by atoms with Crippen molar-refractivity contribution in [1.82, 2.24) is 15.0 Å². The maximum atomic E-state index is 11.4. The monoisotopic (exact) mass is 238 g/mol. The van der Waals surface area contributed by atoms with Crippen molar-refractivity contribution in [1.29, 1.82) is 0 Å². The maximum Gasteiger partial charge on any atom is 0.347 e. The summed E-state index contributed by atoms with van der Waals surface area (Å²) in [6.07, 6.45) is 6.29. The first-order valence-electron chi connectivity index (χ1n) is 5.66. The van der Waals surface area contributed by atoms with Gasteiger partial charge in [-0.25, -0.2) is 15.6 Å². The number of nitrogens with one attached hydrogen (secondary N) is 1. The number of unbranched alkanes of at least 4 members (excludes halogenated alkanes) is 2. The third-order valence-electron chi connectivity index (χ3n) is 2.45. The van der Waals surface area contributed by atoms with E-state index < -0.39 is 0 Å². The second-order valence-corrected chi connectivity index (χ2v) is 3.99. The Balaban J connectivity index is 2.29. The molecule has 3 N–H and O–H groups in total. The average Bonchev–Trinajstić information content (AvgIpc) is 2.32. The van der Waals surface area contributed by atoms with Gasteiger partial charge in [-0.1, -0.05) is 6.42 Å². The number of hydrazine groups is 1. The summed E-state index contributed by atoms with van der Waals surface area (Å²) in [5, 5.41) is 0. The van der Waals surface area contributed by atoms with Crippen LogP contribution in [-0.2, 0) is 11.3 Å². The molecule has 0 atom stereocenters. The molecule has 1 aromatic rings. The lowest BCUT2D eigenvalue weighted by Crippen LogP contribution is -2.29. The topological polar surface area (TPSA) is 90.0 Å². The van der Waals surface area contributed by atoms with Crippen molar-refractivity contribution in [2.24, 2.45) is 5.84 Å². The molecular weight excluding hydrogens is 220 g/mol. The van der Waals surface area contributed by atoms with E-state index >= 15 is 0 Å². The molecule has 0 unspecified atom stereocenters. The Kier molecular flexibility index (Phi) is 5.35. The predicted octanol–water partition coefficient (Wildman–Crippen LogP) is 0.102. The molecule has 1 amide bonds. The highest BCUT2D eigenvalue weighted by Crippen LogP contribution is 2.01. The first-order valence-corrected chi connectivity index (χ1v) is 5.66. The molecule has 0 saturated heterocycles. The number of hydrogen-bond acceptors (Lipinski definition) is 4. The minimum Gasteiger partial charge on any atom is -0.299 e. The molecule has 0 fully saturated rings. The summed E-state index contributed by atoms with van der Waals surface area (Å²) in [6, 6.07) is 0. The highest BCUT2D eigenvalue weighted by molar-refractivity contribution is 5.74. The minimum atomic E-state index is -0.227. The smallest absolute Gasteiger partial charge is 0.299 e. The third-order valence-corrected chi connectivity index (χ3v) is 2.45. The van der Waals surface area contributed by atoms with E-state index in [0.717, 1.165) is 24.8 Å². The van der Waals surface area contributed by atoms with Gasteiger partial charge in [-0.3, -0.25) is 14.8 Å². The van der Waals surface area contributed by atoms with Crippen molar-refractivity contribution in [3.63, 3.8) is 0 Å². The molecule has 94 valence electrons. The van der Waals surface area contributed by atoms with Crippen LogP contribution in [0, 0.1) is 6.92 Å². The third kappa shape index (κ3) is 4.78. The number of carbonyl (C=O) groups excluding carboxylic acids is 1. The molecule has 0 radical (unpaired) electrons. The van der Waals surface area contributed by atoms with Gasteiger partial charge in [0.2, 0.25) is 5.91 Å². The number of rotatable bonds is 6. The summed E-state index contributed by atoms with van der Waals surface area (Å²) < 4.78 is 1.60. The normalized spacial score (nSPS) is 10.2. The summed E-state index contributed by atoms with van der Waals surface area (Å²) in [7, 11) is 0. The number of nitrogens with zero attached hydrogens (tertiary/aromatic N) is 2. The molecule has 6 heteroatoms.